The topological polar surface area (TPSA) is 42.8 Å². The van der Waals surface area contributed by atoms with Gasteiger partial charge in [-0.25, -0.2) is 0 Å². The number of halogens is 3. The lowest BCUT2D eigenvalue weighted by atomic mass is 10.2. The molecule has 0 bridgehead atoms. The van der Waals surface area contributed by atoms with Gasteiger partial charge in [-0.1, -0.05) is 53.5 Å². The average Bonchev–Trinajstić information content (AvgIpc) is 2.72. The van der Waals surface area contributed by atoms with Gasteiger partial charge in [0.25, 0.3) is 0 Å². The van der Waals surface area contributed by atoms with Crippen molar-refractivity contribution >= 4 is 45.3 Å². The molecule has 3 rings (SSSR count). The van der Waals surface area contributed by atoms with Gasteiger partial charge in [-0.3, -0.25) is 0 Å². The van der Waals surface area contributed by atoms with E-state index in [9.17, 15) is 0 Å². The first kappa shape index (κ1) is 21.5. The first-order valence-corrected chi connectivity index (χ1v) is 10.4. The second-order valence-electron chi connectivity index (χ2n) is 6.13. The van der Waals surface area contributed by atoms with Gasteiger partial charge in [0, 0.05) is 15.6 Å². The van der Waals surface area contributed by atoms with E-state index in [-0.39, 0.29) is 0 Å². The predicted molar refractivity (Wildman–Crippen MR) is 122 cm³/mol. The summed E-state index contributed by atoms with van der Waals surface area (Å²) in [5.74, 6) is 1.21. The van der Waals surface area contributed by atoms with Crippen LogP contribution >= 0.6 is 39.1 Å². The molecular formula is C22H19BrCl2N2O2. The summed E-state index contributed by atoms with van der Waals surface area (Å²) < 4.78 is 12.2. The number of methoxy groups -OCH3 is 1. The standard InChI is InChI=1S/C22H19BrCl2N2O2/c1-28-21-11-16(13-27-26-12-15-6-8-18(24)9-7-15)10-19(23)22(21)29-14-17-4-2-3-5-20(17)25/h2-11,13,26H,12,14H2,1H3/b27-13-. The Morgan fingerprint density at radius 3 is 2.55 bits per heavy atom. The molecule has 0 radical (unpaired) electrons. The summed E-state index contributed by atoms with van der Waals surface area (Å²) in [5.41, 5.74) is 5.88. The molecule has 29 heavy (non-hydrogen) atoms. The molecule has 150 valence electrons. The van der Waals surface area contributed by atoms with Crippen LogP contribution in [0.3, 0.4) is 0 Å². The summed E-state index contributed by atoms with van der Waals surface area (Å²) in [6, 6.07) is 19.0. The molecule has 0 aliphatic heterocycles. The minimum Gasteiger partial charge on any atom is -0.493 e. The molecule has 0 unspecified atom stereocenters. The molecule has 0 saturated heterocycles. The Hall–Kier alpha value is -2.21. The van der Waals surface area contributed by atoms with Crippen molar-refractivity contribution in [2.24, 2.45) is 5.10 Å². The Morgan fingerprint density at radius 1 is 1.07 bits per heavy atom. The van der Waals surface area contributed by atoms with Crippen LogP contribution in [0.15, 0.2) is 70.2 Å². The van der Waals surface area contributed by atoms with Gasteiger partial charge in [-0.2, -0.15) is 5.10 Å². The normalized spacial score (nSPS) is 10.9. The van der Waals surface area contributed by atoms with Crippen LogP contribution in [0.1, 0.15) is 16.7 Å². The van der Waals surface area contributed by atoms with Gasteiger partial charge in [0.2, 0.25) is 0 Å². The van der Waals surface area contributed by atoms with E-state index in [0.717, 1.165) is 21.2 Å². The molecule has 0 aromatic heterocycles. The Bertz CT molecular complexity index is 995. The van der Waals surface area contributed by atoms with Crippen molar-refractivity contribution in [2.75, 3.05) is 7.11 Å². The van der Waals surface area contributed by atoms with Crippen LogP contribution in [0.25, 0.3) is 0 Å². The predicted octanol–water partition coefficient (Wildman–Crippen LogP) is 6.47. The van der Waals surface area contributed by atoms with Gasteiger partial charge in [0.05, 0.1) is 24.3 Å². The van der Waals surface area contributed by atoms with Crippen molar-refractivity contribution in [3.8, 4) is 11.5 Å². The number of benzene rings is 3. The first-order chi connectivity index (χ1) is 14.1. The van der Waals surface area contributed by atoms with Crippen LogP contribution < -0.4 is 14.9 Å². The van der Waals surface area contributed by atoms with Gasteiger partial charge >= 0.3 is 0 Å². The fourth-order valence-corrected chi connectivity index (χ4v) is 3.47. The molecule has 3 aromatic rings. The molecule has 4 nitrogen and oxygen atoms in total. The maximum absolute atomic E-state index is 6.20. The third kappa shape index (κ3) is 6.13. The molecule has 0 saturated carbocycles. The molecule has 7 heteroatoms. The zero-order chi connectivity index (χ0) is 20.6. The third-order valence-corrected chi connectivity index (χ3v) is 5.29. The van der Waals surface area contributed by atoms with Crippen molar-refractivity contribution in [1.82, 2.24) is 5.43 Å². The third-order valence-electron chi connectivity index (χ3n) is 4.08. The van der Waals surface area contributed by atoms with Crippen LogP contribution in [0, 0.1) is 0 Å². The first-order valence-electron chi connectivity index (χ1n) is 8.81. The summed E-state index contributed by atoms with van der Waals surface area (Å²) in [4.78, 5) is 0. The highest BCUT2D eigenvalue weighted by Crippen LogP contribution is 2.37. The number of nitrogens with zero attached hydrogens (tertiary/aromatic N) is 1. The van der Waals surface area contributed by atoms with Crippen LogP contribution in [0.2, 0.25) is 10.0 Å². The lowest BCUT2D eigenvalue weighted by Crippen LogP contribution is -2.05. The summed E-state index contributed by atoms with van der Waals surface area (Å²) in [5, 5.41) is 5.65. The number of rotatable bonds is 8. The van der Waals surface area contributed by atoms with E-state index in [1.807, 2.05) is 60.7 Å². The van der Waals surface area contributed by atoms with E-state index >= 15 is 0 Å². The maximum Gasteiger partial charge on any atom is 0.175 e. The fraction of sp³-hybridized carbons (Fsp3) is 0.136. The van der Waals surface area contributed by atoms with Gasteiger partial charge in [0.1, 0.15) is 6.61 Å². The Morgan fingerprint density at radius 2 is 1.83 bits per heavy atom. The molecule has 0 fully saturated rings. The summed E-state index contributed by atoms with van der Waals surface area (Å²) >= 11 is 15.6. The summed E-state index contributed by atoms with van der Waals surface area (Å²) in [7, 11) is 1.60. The van der Waals surface area contributed by atoms with Crippen LogP contribution in [0.4, 0.5) is 0 Å². The largest absolute Gasteiger partial charge is 0.493 e. The van der Waals surface area contributed by atoms with E-state index in [1.54, 1.807) is 13.3 Å². The van der Waals surface area contributed by atoms with Gasteiger partial charge in [-0.05, 0) is 57.4 Å². The van der Waals surface area contributed by atoms with Crippen molar-refractivity contribution in [3.05, 3.63) is 91.9 Å². The zero-order valence-corrected chi connectivity index (χ0v) is 18.8. The molecule has 1 N–H and O–H groups in total. The number of hydrogen-bond acceptors (Lipinski definition) is 4. The molecule has 0 spiro atoms. The van der Waals surface area contributed by atoms with Crippen molar-refractivity contribution in [1.29, 1.82) is 0 Å². The highest BCUT2D eigenvalue weighted by Gasteiger charge is 2.12. The second kappa shape index (κ2) is 10.5. The lowest BCUT2D eigenvalue weighted by Gasteiger charge is -2.14. The van der Waals surface area contributed by atoms with E-state index < -0.39 is 0 Å². The van der Waals surface area contributed by atoms with E-state index in [0.29, 0.717) is 34.7 Å². The average molecular weight is 494 g/mol. The SMILES string of the molecule is COc1cc(/C=N\NCc2ccc(Cl)cc2)cc(Br)c1OCc1ccccc1Cl. The van der Waals surface area contributed by atoms with Crippen LogP contribution in [0.5, 0.6) is 11.5 Å². The fourth-order valence-electron chi connectivity index (χ4n) is 2.58. The minimum absolute atomic E-state index is 0.338. The molecule has 0 atom stereocenters. The van der Waals surface area contributed by atoms with E-state index in [1.165, 1.54) is 0 Å². The lowest BCUT2D eigenvalue weighted by molar-refractivity contribution is 0.282. The number of hydrazone groups is 1. The Balaban J connectivity index is 1.65. The number of nitrogens with one attached hydrogen (secondary N) is 1. The summed E-state index contributed by atoms with van der Waals surface area (Å²) in [6.45, 7) is 0.940. The van der Waals surface area contributed by atoms with Gasteiger partial charge in [-0.15, -0.1) is 0 Å². The molecular weight excluding hydrogens is 475 g/mol. The Kier molecular flexibility index (Phi) is 7.81. The van der Waals surface area contributed by atoms with Crippen LogP contribution in [-0.2, 0) is 13.2 Å². The molecule has 0 heterocycles. The van der Waals surface area contributed by atoms with E-state index in [4.69, 9.17) is 32.7 Å². The van der Waals surface area contributed by atoms with Gasteiger partial charge < -0.3 is 14.9 Å². The number of hydrogen-bond donors (Lipinski definition) is 1. The number of ether oxygens (including phenoxy) is 2. The zero-order valence-electron chi connectivity index (χ0n) is 15.7. The highest BCUT2D eigenvalue weighted by atomic mass is 79.9. The second-order valence-corrected chi connectivity index (χ2v) is 7.83. The Labute approximate surface area is 188 Å². The monoisotopic (exact) mass is 492 g/mol. The van der Waals surface area contributed by atoms with Crippen molar-refractivity contribution in [2.45, 2.75) is 13.2 Å². The highest BCUT2D eigenvalue weighted by molar-refractivity contribution is 9.10. The smallest absolute Gasteiger partial charge is 0.175 e. The molecule has 3 aromatic carbocycles. The minimum atomic E-state index is 0.338. The van der Waals surface area contributed by atoms with Crippen molar-refractivity contribution in [3.63, 3.8) is 0 Å². The van der Waals surface area contributed by atoms with Gasteiger partial charge in [0.15, 0.2) is 11.5 Å². The quantitative estimate of drug-likeness (QED) is 0.289. The maximum atomic E-state index is 6.20. The molecule has 0 aliphatic carbocycles. The van der Waals surface area contributed by atoms with Crippen LogP contribution in [-0.4, -0.2) is 13.3 Å². The molecule has 0 amide bonds. The van der Waals surface area contributed by atoms with E-state index in [2.05, 4.69) is 26.5 Å². The summed E-state index contributed by atoms with van der Waals surface area (Å²) in [6.07, 6.45) is 1.72. The van der Waals surface area contributed by atoms with Crippen molar-refractivity contribution < 1.29 is 9.47 Å². The molecule has 0 aliphatic rings.